The monoisotopic (exact) mass is 388 g/mol. The van der Waals surface area contributed by atoms with E-state index in [0.717, 1.165) is 17.7 Å². The van der Waals surface area contributed by atoms with Crippen molar-refractivity contribution < 1.29 is 23.1 Å². The number of aliphatic carboxylic acids is 1. The highest BCUT2D eigenvalue weighted by Crippen LogP contribution is 2.30. The summed E-state index contributed by atoms with van der Waals surface area (Å²) < 4.78 is 27.9. The summed E-state index contributed by atoms with van der Waals surface area (Å²) in [6.07, 6.45) is 1.30. The lowest BCUT2D eigenvalue weighted by molar-refractivity contribution is -0.136. The first-order chi connectivity index (χ1) is 12.8. The molecule has 2 aromatic rings. The molecule has 1 aliphatic rings. The van der Waals surface area contributed by atoms with E-state index in [9.17, 15) is 18.0 Å². The second-order valence-electron chi connectivity index (χ2n) is 6.44. The van der Waals surface area contributed by atoms with E-state index in [-0.39, 0.29) is 17.2 Å². The van der Waals surface area contributed by atoms with E-state index in [1.165, 1.54) is 19.1 Å². The van der Waals surface area contributed by atoms with Gasteiger partial charge in [0.05, 0.1) is 11.3 Å². The highest BCUT2D eigenvalue weighted by atomic mass is 32.2. The highest BCUT2D eigenvalue weighted by Gasteiger charge is 2.23. The predicted octanol–water partition coefficient (Wildman–Crippen LogP) is 2.41. The van der Waals surface area contributed by atoms with E-state index >= 15 is 0 Å². The Balaban J connectivity index is 1.88. The molecule has 0 radical (unpaired) electrons. The molecular formula is C19H20N2O5S. The molecule has 142 valence electrons. The maximum Gasteiger partial charge on any atom is 0.307 e. The van der Waals surface area contributed by atoms with Gasteiger partial charge in [-0.05, 0) is 54.3 Å². The van der Waals surface area contributed by atoms with Gasteiger partial charge in [-0.1, -0.05) is 12.1 Å². The molecule has 2 N–H and O–H groups in total. The number of hydrogen-bond donors (Lipinski definition) is 2. The second kappa shape index (κ2) is 7.40. The van der Waals surface area contributed by atoms with E-state index in [1.54, 1.807) is 35.2 Å². The molecule has 0 atom stereocenters. The average Bonchev–Trinajstić information content (AvgIpc) is 2.60. The van der Waals surface area contributed by atoms with Gasteiger partial charge in [-0.3, -0.25) is 14.3 Å². The summed E-state index contributed by atoms with van der Waals surface area (Å²) in [5, 5.41) is 8.87. The number of nitrogens with zero attached hydrogens (tertiary/aromatic N) is 1. The number of amides is 1. The van der Waals surface area contributed by atoms with Gasteiger partial charge in [-0.2, -0.15) is 0 Å². The van der Waals surface area contributed by atoms with E-state index in [2.05, 4.69) is 4.72 Å². The lowest BCUT2D eigenvalue weighted by Gasteiger charge is -2.28. The molecule has 8 heteroatoms. The molecule has 0 saturated heterocycles. The van der Waals surface area contributed by atoms with Crippen LogP contribution >= 0.6 is 0 Å². The molecular weight excluding hydrogens is 368 g/mol. The summed E-state index contributed by atoms with van der Waals surface area (Å²) in [7, 11) is -3.83. The van der Waals surface area contributed by atoms with Crippen molar-refractivity contribution >= 4 is 33.3 Å². The Kier molecular flexibility index (Phi) is 5.18. The Labute approximate surface area is 157 Å². The molecule has 0 bridgehead atoms. The van der Waals surface area contributed by atoms with Crippen LogP contribution in [-0.2, 0) is 32.5 Å². The molecule has 2 aromatic carbocycles. The van der Waals surface area contributed by atoms with Crippen molar-refractivity contribution in [3.63, 3.8) is 0 Å². The number of nitrogens with one attached hydrogen (secondary N) is 1. The zero-order chi connectivity index (χ0) is 19.6. The Bertz CT molecular complexity index is 1000. The average molecular weight is 388 g/mol. The molecule has 0 unspecified atom stereocenters. The van der Waals surface area contributed by atoms with Crippen LogP contribution in [-0.4, -0.2) is 31.9 Å². The maximum atomic E-state index is 12.7. The van der Waals surface area contributed by atoms with Gasteiger partial charge in [0.1, 0.15) is 0 Å². The first-order valence-electron chi connectivity index (χ1n) is 8.51. The van der Waals surface area contributed by atoms with Gasteiger partial charge in [-0.25, -0.2) is 8.42 Å². The molecule has 0 spiro atoms. The normalized spacial score (nSPS) is 13.7. The molecule has 0 aromatic heterocycles. The number of rotatable bonds is 5. The van der Waals surface area contributed by atoms with Crippen molar-refractivity contribution in [2.24, 2.45) is 0 Å². The van der Waals surface area contributed by atoms with Crippen molar-refractivity contribution in [3.8, 4) is 0 Å². The van der Waals surface area contributed by atoms with Crippen molar-refractivity contribution in [1.82, 2.24) is 0 Å². The van der Waals surface area contributed by atoms with Crippen LogP contribution in [0.5, 0.6) is 0 Å². The molecule has 7 nitrogen and oxygen atoms in total. The number of carbonyl (C=O) groups excluding carboxylic acids is 1. The minimum Gasteiger partial charge on any atom is -0.481 e. The predicted molar refractivity (Wildman–Crippen MR) is 101 cm³/mol. The zero-order valence-corrected chi connectivity index (χ0v) is 15.6. The number of hydrogen-bond acceptors (Lipinski definition) is 4. The standard InChI is InChI=1S/C19H20N2O5S/c1-13(22)21-9-3-5-15-12-17(7-8-18(15)21)27(25,26)20-16-6-2-4-14(10-16)11-19(23)24/h2,4,6-8,10,12,20H,3,5,9,11H2,1H3,(H,23,24). The smallest absolute Gasteiger partial charge is 0.307 e. The highest BCUT2D eigenvalue weighted by molar-refractivity contribution is 7.92. The van der Waals surface area contributed by atoms with Gasteiger partial charge >= 0.3 is 5.97 Å². The summed E-state index contributed by atoms with van der Waals surface area (Å²) in [5.41, 5.74) is 2.37. The number of sulfonamides is 1. The Morgan fingerprint density at radius 2 is 1.96 bits per heavy atom. The summed E-state index contributed by atoms with van der Waals surface area (Å²) in [6.45, 7) is 2.12. The molecule has 1 amide bonds. The van der Waals surface area contributed by atoms with Gasteiger partial charge < -0.3 is 10.0 Å². The van der Waals surface area contributed by atoms with Crippen LogP contribution in [0.3, 0.4) is 0 Å². The molecule has 1 aliphatic heterocycles. The fourth-order valence-corrected chi connectivity index (χ4v) is 4.30. The lowest BCUT2D eigenvalue weighted by atomic mass is 10.0. The number of anilines is 2. The molecule has 0 aliphatic carbocycles. The van der Waals surface area contributed by atoms with Gasteiger partial charge in [0.15, 0.2) is 0 Å². The van der Waals surface area contributed by atoms with Gasteiger partial charge in [0.25, 0.3) is 10.0 Å². The second-order valence-corrected chi connectivity index (χ2v) is 8.12. The Hall–Kier alpha value is -2.87. The maximum absolute atomic E-state index is 12.7. The van der Waals surface area contributed by atoms with Crippen molar-refractivity contribution in [2.45, 2.75) is 31.1 Å². The Morgan fingerprint density at radius 3 is 2.67 bits per heavy atom. The third-order valence-electron chi connectivity index (χ3n) is 4.39. The third-order valence-corrected chi connectivity index (χ3v) is 5.77. The minimum atomic E-state index is -3.83. The van der Waals surface area contributed by atoms with Crippen LogP contribution in [0.1, 0.15) is 24.5 Å². The molecule has 1 heterocycles. The number of carbonyl (C=O) groups is 2. The SMILES string of the molecule is CC(=O)N1CCCc2cc(S(=O)(=O)Nc3cccc(CC(=O)O)c3)ccc21. The lowest BCUT2D eigenvalue weighted by Crippen LogP contribution is -2.33. The van der Waals surface area contributed by atoms with Gasteiger partial charge in [0.2, 0.25) is 5.91 Å². The van der Waals surface area contributed by atoms with Gasteiger partial charge in [-0.15, -0.1) is 0 Å². The molecule has 27 heavy (non-hydrogen) atoms. The Morgan fingerprint density at radius 1 is 1.19 bits per heavy atom. The molecule has 0 saturated carbocycles. The van der Waals surface area contributed by atoms with Crippen molar-refractivity contribution in [1.29, 1.82) is 0 Å². The number of fused-ring (bicyclic) bond motifs is 1. The molecule has 0 fully saturated rings. The minimum absolute atomic E-state index is 0.0695. The third kappa shape index (κ3) is 4.28. The van der Waals surface area contributed by atoms with E-state index in [1.807, 2.05) is 0 Å². The quantitative estimate of drug-likeness (QED) is 0.819. The first-order valence-corrected chi connectivity index (χ1v) is 9.99. The summed E-state index contributed by atoms with van der Waals surface area (Å²) in [5.74, 6) is -1.06. The van der Waals surface area contributed by atoms with Crippen LogP contribution in [0.25, 0.3) is 0 Å². The number of carboxylic acids is 1. The van der Waals surface area contributed by atoms with Crippen molar-refractivity contribution in [2.75, 3.05) is 16.2 Å². The summed E-state index contributed by atoms with van der Waals surface area (Å²) in [6, 6.07) is 11.0. The van der Waals surface area contributed by atoms with Crippen molar-refractivity contribution in [3.05, 3.63) is 53.6 Å². The van der Waals surface area contributed by atoms with Crippen LogP contribution in [0.15, 0.2) is 47.4 Å². The number of carboxylic acid groups (broad SMARTS) is 1. The molecule has 3 rings (SSSR count). The number of benzene rings is 2. The summed E-state index contributed by atoms with van der Waals surface area (Å²) in [4.78, 5) is 24.3. The van der Waals surface area contributed by atoms with Crippen LogP contribution < -0.4 is 9.62 Å². The van der Waals surface area contributed by atoms with E-state index in [4.69, 9.17) is 5.11 Å². The largest absolute Gasteiger partial charge is 0.481 e. The first kappa shape index (κ1) is 18.9. The van der Waals surface area contributed by atoms with E-state index < -0.39 is 16.0 Å². The summed E-state index contributed by atoms with van der Waals surface area (Å²) >= 11 is 0. The fraction of sp³-hybridized carbons (Fsp3) is 0.263. The number of aryl methyl sites for hydroxylation is 1. The van der Waals surface area contributed by atoms with Crippen LogP contribution in [0.4, 0.5) is 11.4 Å². The van der Waals surface area contributed by atoms with Crippen LogP contribution in [0, 0.1) is 0 Å². The fourth-order valence-electron chi connectivity index (χ4n) is 3.20. The topological polar surface area (TPSA) is 104 Å². The van der Waals surface area contributed by atoms with Gasteiger partial charge in [0, 0.05) is 24.8 Å². The zero-order valence-electron chi connectivity index (χ0n) is 14.8. The van der Waals surface area contributed by atoms with Crippen LogP contribution in [0.2, 0.25) is 0 Å². The van der Waals surface area contributed by atoms with E-state index in [0.29, 0.717) is 24.2 Å².